The van der Waals surface area contributed by atoms with Gasteiger partial charge in [0.25, 0.3) is 5.91 Å². The predicted octanol–water partition coefficient (Wildman–Crippen LogP) is -0.0722. The third-order valence-corrected chi connectivity index (χ3v) is 5.89. The van der Waals surface area contributed by atoms with Crippen molar-refractivity contribution in [1.82, 2.24) is 15.1 Å². The van der Waals surface area contributed by atoms with Crippen LogP contribution < -0.4 is 15.8 Å². The molecule has 0 radical (unpaired) electrons. The van der Waals surface area contributed by atoms with Crippen LogP contribution in [0.1, 0.15) is 28.8 Å². The smallest absolute Gasteiger partial charge is 0.255 e. The van der Waals surface area contributed by atoms with Crippen LogP contribution in [0.15, 0.2) is 30.0 Å². The Morgan fingerprint density at radius 3 is 2.84 bits per heavy atom. The van der Waals surface area contributed by atoms with Gasteiger partial charge in [-0.2, -0.15) is 0 Å². The average molecular weight is 444 g/mol. The van der Waals surface area contributed by atoms with Crippen molar-refractivity contribution in [2.45, 2.75) is 31.5 Å². The molecule has 3 heterocycles. The van der Waals surface area contributed by atoms with Crippen molar-refractivity contribution in [3.05, 3.63) is 41.2 Å². The Morgan fingerprint density at radius 1 is 1.31 bits per heavy atom. The third kappa shape index (κ3) is 4.93. The Morgan fingerprint density at radius 2 is 2.09 bits per heavy atom. The molecule has 0 bridgehead atoms. The van der Waals surface area contributed by atoms with Crippen molar-refractivity contribution in [2.24, 2.45) is 5.73 Å². The molecular formula is C22H28N4O6. The zero-order valence-corrected chi connectivity index (χ0v) is 17.8. The van der Waals surface area contributed by atoms with E-state index in [0.717, 1.165) is 13.1 Å². The van der Waals surface area contributed by atoms with Crippen molar-refractivity contribution in [2.75, 3.05) is 39.5 Å². The van der Waals surface area contributed by atoms with Crippen LogP contribution in [0.3, 0.4) is 0 Å². The number of imide groups is 1. The van der Waals surface area contributed by atoms with E-state index in [9.17, 15) is 19.5 Å². The molecule has 3 amide bonds. The number of morpholine rings is 1. The van der Waals surface area contributed by atoms with Crippen LogP contribution in [0.25, 0.3) is 0 Å². The minimum Gasteiger partial charge on any atom is -0.509 e. The van der Waals surface area contributed by atoms with Gasteiger partial charge in [-0.15, -0.1) is 0 Å². The van der Waals surface area contributed by atoms with Crippen molar-refractivity contribution in [3.63, 3.8) is 0 Å². The molecule has 4 rings (SSSR count). The molecule has 2 unspecified atom stereocenters. The number of fused-ring (bicyclic) bond motifs is 1. The van der Waals surface area contributed by atoms with Gasteiger partial charge in [-0.05, 0) is 24.6 Å². The number of carbonyl (C=O) groups is 3. The molecule has 0 aliphatic carbocycles. The van der Waals surface area contributed by atoms with Crippen LogP contribution >= 0.6 is 0 Å². The van der Waals surface area contributed by atoms with Crippen LogP contribution in [0.2, 0.25) is 0 Å². The van der Waals surface area contributed by atoms with Gasteiger partial charge in [0.15, 0.2) is 0 Å². The Labute approximate surface area is 185 Å². The number of hydrogen-bond acceptors (Lipinski definition) is 8. The Kier molecular flexibility index (Phi) is 6.73. The number of nitrogens with one attached hydrogen (secondary N) is 1. The van der Waals surface area contributed by atoms with Crippen molar-refractivity contribution < 1.29 is 29.0 Å². The highest BCUT2D eigenvalue weighted by atomic mass is 16.5. The second-order valence-corrected chi connectivity index (χ2v) is 8.21. The summed E-state index contributed by atoms with van der Waals surface area (Å²) >= 11 is 0. The summed E-state index contributed by atoms with van der Waals surface area (Å²) in [6, 6.07) is 4.07. The number of hydrogen-bond donors (Lipinski definition) is 3. The van der Waals surface area contributed by atoms with Crippen molar-refractivity contribution >= 4 is 17.7 Å². The monoisotopic (exact) mass is 444 g/mol. The fourth-order valence-corrected chi connectivity index (χ4v) is 4.27. The number of ether oxygens (including phenoxy) is 2. The summed E-state index contributed by atoms with van der Waals surface area (Å²) in [6.07, 6.45) is 2.06. The van der Waals surface area contributed by atoms with Gasteiger partial charge in [0.05, 0.1) is 19.8 Å². The van der Waals surface area contributed by atoms with E-state index in [1.165, 1.54) is 4.90 Å². The maximum atomic E-state index is 12.9. The zero-order chi connectivity index (χ0) is 22.7. The van der Waals surface area contributed by atoms with Crippen molar-refractivity contribution in [3.8, 4) is 5.75 Å². The quantitative estimate of drug-likeness (QED) is 0.393. The second-order valence-electron chi connectivity index (χ2n) is 8.21. The van der Waals surface area contributed by atoms with E-state index in [-0.39, 0.29) is 43.2 Å². The van der Waals surface area contributed by atoms with Gasteiger partial charge in [0, 0.05) is 43.2 Å². The van der Waals surface area contributed by atoms with E-state index < -0.39 is 11.9 Å². The van der Waals surface area contributed by atoms with E-state index in [0.29, 0.717) is 43.1 Å². The zero-order valence-electron chi connectivity index (χ0n) is 17.8. The predicted molar refractivity (Wildman–Crippen MR) is 114 cm³/mol. The number of nitrogens with two attached hydrogens (primary N) is 1. The van der Waals surface area contributed by atoms with Gasteiger partial charge < -0.3 is 25.2 Å². The molecule has 1 aromatic rings. The van der Waals surface area contributed by atoms with E-state index in [2.05, 4.69) is 10.2 Å². The van der Waals surface area contributed by atoms with Gasteiger partial charge in [-0.25, -0.2) is 0 Å². The van der Waals surface area contributed by atoms with Crippen molar-refractivity contribution in [1.29, 1.82) is 0 Å². The Hall–Kier alpha value is -2.95. The fraction of sp³-hybridized carbons (Fsp3) is 0.500. The van der Waals surface area contributed by atoms with Crippen LogP contribution in [-0.4, -0.2) is 84.2 Å². The molecule has 4 N–H and O–H groups in total. The Balaban J connectivity index is 1.38. The van der Waals surface area contributed by atoms with E-state index in [1.807, 2.05) is 0 Å². The van der Waals surface area contributed by atoms with Gasteiger partial charge in [-0.1, -0.05) is 6.07 Å². The molecule has 0 saturated carbocycles. The summed E-state index contributed by atoms with van der Waals surface area (Å²) in [6.45, 7) is 3.72. The van der Waals surface area contributed by atoms with Crippen LogP contribution in [0, 0.1) is 0 Å². The maximum absolute atomic E-state index is 12.9. The SMILES string of the molecule is NC(/C=C(\O)COc1cccc2c1CN(C1CCC(=O)NC1=O)C2=O)CN1CCOCC1. The molecule has 3 aliphatic heterocycles. The number of aliphatic hydroxyl groups is 1. The van der Waals surface area contributed by atoms with Gasteiger partial charge in [-0.3, -0.25) is 24.6 Å². The first-order chi connectivity index (χ1) is 15.4. The molecule has 32 heavy (non-hydrogen) atoms. The molecule has 172 valence electrons. The first-order valence-corrected chi connectivity index (χ1v) is 10.8. The second kappa shape index (κ2) is 9.68. The first-order valence-electron chi connectivity index (χ1n) is 10.8. The standard InChI is InChI=1S/C22H28N4O6/c23-14(11-25-6-8-31-9-7-25)10-15(27)13-32-19-3-1-2-16-17(19)12-26(22(16)30)18-4-5-20(28)24-21(18)29/h1-3,10,14,18,27H,4-9,11-13,23H2,(H,24,28,29)/b15-10-. The molecule has 3 aliphatic rings. The lowest BCUT2D eigenvalue weighted by Gasteiger charge is -2.29. The fourth-order valence-electron chi connectivity index (χ4n) is 4.27. The van der Waals surface area contributed by atoms with Gasteiger partial charge in [0.1, 0.15) is 24.2 Å². The van der Waals surface area contributed by atoms with E-state index in [1.54, 1.807) is 24.3 Å². The lowest BCUT2D eigenvalue weighted by atomic mass is 10.0. The maximum Gasteiger partial charge on any atom is 0.255 e. The number of nitrogens with zero attached hydrogens (tertiary/aromatic N) is 2. The largest absolute Gasteiger partial charge is 0.509 e. The van der Waals surface area contributed by atoms with Gasteiger partial charge >= 0.3 is 0 Å². The molecule has 10 nitrogen and oxygen atoms in total. The molecule has 1 aromatic carbocycles. The van der Waals surface area contributed by atoms with Crippen LogP contribution in [0.5, 0.6) is 5.75 Å². The minimum atomic E-state index is -0.688. The number of amides is 3. The highest BCUT2D eigenvalue weighted by Gasteiger charge is 2.40. The molecule has 2 fully saturated rings. The molecule has 2 atom stereocenters. The molecule has 10 heteroatoms. The third-order valence-electron chi connectivity index (χ3n) is 5.89. The highest BCUT2D eigenvalue weighted by molar-refractivity contribution is 6.05. The van der Waals surface area contributed by atoms with E-state index >= 15 is 0 Å². The lowest BCUT2D eigenvalue weighted by molar-refractivity contribution is -0.136. The first kappa shape index (κ1) is 22.3. The number of benzene rings is 1. The summed E-state index contributed by atoms with van der Waals surface area (Å²) in [5.74, 6) is -0.581. The van der Waals surface area contributed by atoms with Crippen LogP contribution in [0.4, 0.5) is 0 Å². The lowest BCUT2D eigenvalue weighted by Crippen LogP contribution is -2.52. The Bertz CT molecular complexity index is 927. The minimum absolute atomic E-state index is 0.00899. The molecular weight excluding hydrogens is 416 g/mol. The van der Waals surface area contributed by atoms with Gasteiger partial charge in [0.2, 0.25) is 11.8 Å². The summed E-state index contributed by atoms with van der Waals surface area (Å²) in [7, 11) is 0. The number of rotatable bonds is 7. The van der Waals surface area contributed by atoms with E-state index in [4.69, 9.17) is 15.2 Å². The number of carbonyl (C=O) groups excluding carboxylic acids is 3. The van der Waals surface area contributed by atoms with Crippen LogP contribution in [-0.2, 0) is 20.9 Å². The summed E-state index contributed by atoms with van der Waals surface area (Å²) in [5.41, 5.74) is 7.24. The number of piperidine rings is 1. The molecule has 0 spiro atoms. The average Bonchev–Trinajstić information content (AvgIpc) is 3.10. The summed E-state index contributed by atoms with van der Waals surface area (Å²) < 4.78 is 11.1. The summed E-state index contributed by atoms with van der Waals surface area (Å²) in [5, 5.41) is 12.6. The molecule has 0 aromatic heterocycles. The summed E-state index contributed by atoms with van der Waals surface area (Å²) in [4.78, 5) is 40.1. The topological polar surface area (TPSA) is 134 Å². The normalized spacial score (nSPS) is 23.2. The molecule has 2 saturated heterocycles. The number of aliphatic hydroxyl groups excluding tert-OH is 1. The highest BCUT2D eigenvalue weighted by Crippen LogP contribution is 2.33.